The van der Waals surface area contributed by atoms with Crippen molar-refractivity contribution in [3.05, 3.63) is 35.4 Å². The number of nitrogens with zero attached hydrogens (tertiary/aromatic N) is 2. The molecule has 2 saturated heterocycles. The third kappa shape index (κ3) is 8.14. The second kappa shape index (κ2) is 13.6. The van der Waals surface area contributed by atoms with Gasteiger partial charge in [0, 0.05) is 45.8 Å². The predicted molar refractivity (Wildman–Crippen MR) is 118 cm³/mol. The summed E-state index contributed by atoms with van der Waals surface area (Å²) in [5.74, 6) is 0.323. The maximum absolute atomic E-state index is 12.0. The number of likely N-dealkylation sites (N-methyl/N-ethyl adjacent to an activating group) is 1. The molecule has 3 rings (SSSR count). The van der Waals surface area contributed by atoms with Gasteiger partial charge in [0.2, 0.25) is 5.91 Å². The Hall–Kier alpha value is -0.560. The number of carbonyl (C=O) groups is 1. The van der Waals surface area contributed by atoms with E-state index in [-0.39, 0.29) is 49.0 Å². The van der Waals surface area contributed by atoms with Crippen molar-refractivity contribution in [1.82, 2.24) is 20.4 Å². The van der Waals surface area contributed by atoms with Crippen LogP contribution in [0.3, 0.4) is 0 Å². The van der Waals surface area contributed by atoms with Gasteiger partial charge < -0.3 is 15.5 Å². The van der Waals surface area contributed by atoms with Crippen LogP contribution in [0.2, 0.25) is 0 Å². The summed E-state index contributed by atoms with van der Waals surface area (Å²) in [6, 6.07) is 8.69. The molecule has 0 spiro atoms. The zero-order chi connectivity index (χ0) is 16.8. The van der Waals surface area contributed by atoms with Gasteiger partial charge in [0.1, 0.15) is 0 Å². The fourth-order valence-corrected chi connectivity index (χ4v) is 3.50. The molecular weight excluding hydrogens is 407 g/mol. The van der Waals surface area contributed by atoms with Gasteiger partial charge in [0.25, 0.3) is 0 Å². The summed E-state index contributed by atoms with van der Waals surface area (Å²) in [5, 5.41) is 6.29. The lowest BCUT2D eigenvalue weighted by molar-refractivity contribution is -0.124. The van der Waals surface area contributed by atoms with Crippen molar-refractivity contribution in [2.75, 3.05) is 45.8 Å². The van der Waals surface area contributed by atoms with Crippen LogP contribution < -0.4 is 10.6 Å². The summed E-state index contributed by atoms with van der Waals surface area (Å²) in [5.41, 5.74) is 2.53. The molecule has 27 heavy (non-hydrogen) atoms. The van der Waals surface area contributed by atoms with Crippen molar-refractivity contribution in [3.8, 4) is 0 Å². The maximum atomic E-state index is 12.0. The van der Waals surface area contributed by atoms with Crippen molar-refractivity contribution in [2.45, 2.75) is 26.4 Å². The predicted octanol–water partition coefficient (Wildman–Crippen LogP) is 2.32. The maximum Gasteiger partial charge on any atom is 0.224 e. The molecule has 1 unspecified atom stereocenters. The Morgan fingerprint density at radius 2 is 1.63 bits per heavy atom. The Morgan fingerprint density at radius 1 is 1.04 bits per heavy atom. The van der Waals surface area contributed by atoms with E-state index in [9.17, 15) is 4.79 Å². The summed E-state index contributed by atoms with van der Waals surface area (Å²) in [6.07, 6.45) is 0.954. The number of benzene rings is 1. The first-order chi connectivity index (χ1) is 11.7. The van der Waals surface area contributed by atoms with E-state index in [0.717, 1.165) is 45.7 Å². The lowest BCUT2D eigenvalue weighted by atomic mass is 10.1. The van der Waals surface area contributed by atoms with Crippen molar-refractivity contribution >= 4 is 43.1 Å². The molecule has 2 aliphatic heterocycles. The smallest absolute Gasteiger partial charge is 0.224 e. The Morgan fingerprint density at radius 3 is 2.19 bits per heavy atom. The number of hydrogen-bond donors (Lipinski definition) is 2. The summed E-state index contributed by atoms with van der Waals surface area (Å²) < 4.78 is 0. The third-order valence-corrected chi connectivity index (χ3v) is 5.24. The SMILES string of the molecule is CCN1CCN(Cc2ccc(CNC(=O)C3CCNC3)cc2)CC1.Cl.Cl.Cl. The number of rotatable bonds is 6. The quantitative estimate of drug-likeness (QED) is 0.714. The molecule has 0 bridgehead atoms. The Kier molecular flexibility index (Phi) is 13.3. The lowest BCUT2D eigenvalue weighted by Crippen LogP contribution is -2.45. The van der Waals surface area contributed by atoms with Crippen LogP contribution in [-0.4, -0.2) is 61.5 Å². The zero-order valence-electron chi connectivity index (χ0n) is 16.0. The molecule has 1 atom stereocenters. The second-order valence-electron chi connectivity index (χ2n) is 6.93. The van der Waals surface area contributed by atoms with Crippen molar-refractivity contribution in [1.29, 1.82) is 0 Å². The van der Waals surface area contributed by atoms with Crippen LogP contribution >= 0.6 is 37.2 Å². The van der Waals surface area contributed by atoms with E-state index in [2.05, 4.69) is 51.6 Å². The summed E-state index contributed by atoms with van der Waals surface area (Å²) in [4.78, 5) is 17.1. The normalized spacial score (nSPS) is 20.1. The molecule has 1 amide bonds. The molecule has 2 N–H and O–H groups in total. The molecule has 5 nitrogen and oxygen atoms in total. The van der Waals surface area contributed by atoms with Gasteiger partial charge in [-0.3, -0.25) is 9.69 Å². The average Bonchev–Trinajstić information content (AvgIpc) is 3.16. The summed E-state index contributed by atoms with van der Waals surface area (Å²) >= 11 is 0. The van der Waals surface area contributed by atoms with E-state index in [1.807, 2.05) is 0 Å². The number of nitrogens with one attached hydrogen (secondary N) is 2. The minimum absolute atomic E-state index is 0. The minimum Gasteiger partial charge on any atom is -0.352 e. The van der Waals surface area contributed by atoms with Crippen LogP contribution in [0.5, 0.6) is 0 Å². The fraction of sp³-hybridized carbons (Fsp3) is 0.632. The number of carbonyl (C=O) groups excluding carboxylic acids is 1. The number of amides is 1. The molecule has 0 aliphatic carbocycles. The van der Waals surface area contributed by atoms with Crippen LogP contribution in [0, 0.1) is 5.92 Å². The van der Waals surface area contributed by atoms with Crippen molar-refractivity contribution in [2.24, 2.45) is 5.92 Å². The first-order valence-electron chi connectivity index (χ1n) is 9.25. The average molecular weight is 440 g/mol. The molecule has 2 fully saturated rings. The Labute approximate surface area is 181 Å². The van der Waals surface area contributed by atoms with Crippen LogP contribution in [0.1, 0.15) is 24.5 Å². The minimum atomic E-state index is 0. The molecule has 1 aromatic carbocycles. The van der Waals surface area contributed by atoms with Crippen LogP contribution in [0.4, 0.5) is 0 Å². The van der Waals surface area contributed by atoms with E-state index in [0.29, 0.717) is 6.54 Å². The molecule has 2 aliphatic rings. The topological polar surface area (TPSA) is 47.6 Å². The fourth-order valence-electron chi connectivity index (χ4n) is 3.50. The highest BCUT2D eigenvalue weighted by Gasteiger charge is 2.21. The summed E-state index contributed by atoms with van der Waals surface area (Å²) in [7, 11) is 0. The first kappa shape index (κ1) is 26.4. The highest BCUT2D eigenvalue weighted by Crippen LogP contribution is 2.11. The number of piperazine rings is 1. The highest BCUT2D eigenvalue weighted by atomic mass is 35.5. The van der Waals surface area contributed by atoms with Gasteiger partial charge in [-0.2, -0.15) is 0 Å². The van der Waals surface area contributed by atoms with E-state index < -0.39 is 0 Å². The van der Waals surface area contributed by atoms with E-state index in [1.165, 1.54) is 24.2 Å². The standard InChI is InChI=1S/C19H30N4O.3ClH/c1-2-22-9-11-23(12-10-22)15-17-5-3-16(4-6-17)13-21-19(24)18-7-8-20-14-18;;;/h3-6,18,20H,2,7-15H2,1H3,(H,21,24);3*1H. The lowest BCUT2D eigenvalue weighted by Gasteiger charge is -2.34. The molecule has 156 valence electrons. The molecule has 0 radical (unpaired) electrons. The second-order valence-corrected chi connectivity index (χ2v) is 6.93. The monoisotopic (exact) mass is 438 g/mol. The van der Waals surface area contributed by atoms with Gasteiger partial charge in [-0.05, 0) is 30.6 Å². The van der Waals surface area contributed by atoms with Gasteiger partial charge >= 0.3 is 0 Å². The molecular formula is C19H33Cl3N4O. The Bertz CT molecular complexity index is 530. The highest BCUT2D eigenvalue weighted by molar-refractivity contribution is 5.86. The molecule has 0 aromatic heterocycles. The van der Waals surface area contributed by atoms with E-state index >= 15 is 0 Å². The van der Waals surface area contributed by atoms with Gasteiger partial charge in [-0.15, -0.1) is 37.2 Å². The third-order valence-electron chi connectivity index (χ3n) is 5.24. The van der Waals surface area contributed by atoms with Crippen LogP contribution in [0.25, 0.3) is 0 Å². The van der Waals surface area contributed by atoms with E-state index in [4.69, 9.17) is 0 Å². The van der Waals surface area contributed by atoms with E-state index in [1.54, 1.807) is 0 Å². The Balaban J connectivity index is 0.00000225. The zero-order valence-corrected chi connectivity index (χ0v) is 18.4. The van der Waals surface area contributed by atoms with Crippen molar-refractivity contribution in [3.63, 3.8) is 0 Å². The van der Waals surface area contributed by atoms with Crippen molar-refractivity contribution < 1.29 is 4.79 Å². The van der Waals surface area contributed by atoms with Gasteiger partial charge in [0.05, 0.1) is 5.92 Å². The van der Waals surface area contributed by atoms with Crippen LogP contribution in [0.15, 0.2) is 24.3 Å². The summed E-state index contributed by atoms with van der Waals surface area (Å²) in [6.45, 7) is 11.5. The molecule has 2 heterocycles. The van der Waals surface area contributed by atoms with Gasteiger partial charge in [-0.1, -0.05) is 31.2 Å². The molecule has 0 saturated carbocycles. The largest absolute Gasteiger partial charge is 0.352 e. The van der Waals surface area contributed by atoms with Crippen LogP contribution in [-0.2, 0) is 17.9 Å². The first-order valence-corrected chi connectivity index (χ1v) is 9.25. The molecule has 8 heteroatoms. The van der Waals surface area contributed by atoms with Gasteiger partial charge in [-0.25, -0.2) is 0 Å². The molecule has 1 aromatic rings. The number of halogens is 3. The van der Waals surface area contributed by atoms with Gasteiger partial charge in [0.15, 0.2) is 0 Å². The number of hydrogen-bond acceptors (Lipinski definition) is 4.